The predicted octanol–water partition coefficient (Wildman–Crippen LogP) is 3.17. The van der Waals surface area contributed by atoms with Crippen molar-refractivity contribution in [3.8, 4) is 0 Å². The number of hydrogen-bond donors (Lipinski definition) is 1. The van der Waals surface area contributed by atoms with E-state index in [1.54, 1.807) is 0 Å². The fourth-order valence-corrected chi connectivity index (χ4v) is 2.94. The first kappa shape index (κ1) is 15.0. The lowest BCUT2D eigenvalue weighted by Gasteiger charge is -2.26. The van der Waals surface area contributed by atoms with Crippen molar-refractivity contribution in [3.05, 3.63) is 83.1 Å². The van der Waals surface area contributed by atoms with Crippen molar-refractivity contribution in [2.75, 3.05) is 0 Å². The third-order valence-corrected chi connectivity index (χ3v) is 3.99. The van der Waals surface area contributed by atoms with Gasteiger partial charge in [-0.15, -0.1) is 0 Å². The minimum absolute atomic E-state index is 0.164. The van der Waals surface area contributed by atoms with Crippen molar-refractivity contribution in [2.24, 2.45) is 0 Å². The van der Waals surface area contributed by atoms with Gasteiger partial charge in [0.2, 0.25) is 0 Å². The van der Waals surface area contributed by atoms with E-state index in [-0.39, 0.29) is 11.4 Å². The smallest absolute Gasteiger partial charge is 0.290 e. The fourth-order valence-electron chi connectivity index (χ4n) is 2.94. The topological polar surface area (TPSA) is 57.6 Å². The molecule has 1 aliphatic heterocycles. The van der Waals surface area contributed by atoms with Crippen molar-refractivity contribution < 1.29 is 14.7 Å². The highest BCUT2D eigenvalue weighted by molar-refractivity contribution is 6.08. The van der Waals surface area contributed by atoms with E-state index in [9.17, 15) is 14.7 Å². The van der Waals surface area contributed by atoms with Gasteiger partial charge in [-0.2, -0.15) is 0 Å². The Balaban J connectivity index is 2.04. The Morgan fingerprint density at radius 1 is 1.04 bits per heavy atom. The Labute approximate surface area is 134 Å². The van der Waals surface area contributed by atoms with Crippen molar-refractivity contribution in [3.63, 3.8) is 0 Å². The molecule has 0 aliphatic carbocycles. The summed E-state index contributed by atoms with van der Waals surface area (Å²) < 4.78 is 0. The Bertz CT molecular complexity index is 766. The van der Waals surface area contributed by atoms with E-state index in [1.807, 2.05) is 60.7 Å². The quantitative estimate of drug-likeness (QED) is 0.944. The average Bonchev–Trinajstić information content (AvgIpc) is 2.82. The first-order chi connectivity index (χ1) is 11.1. The molecular weight excluding hydrogens is 290 g/mol. The molecule has 0 aromatic heterocycles. The van der Waals surface area contributed by atoms with Crippen molar-refractivity contribution in [2.45, 2.75) is 19.5 Å². The summed E-state index contributed by atoms with van der Waals surface area (Å²) in [7, 11) is 0. The molecule has 4 heteroatoms. The Kier molecular flexibility index (Phi) is 3.98. The number of carbonyl (C=O) groups is 2. The van der Waals surface area contributed by atoms with E-state index in [2.05, 4.69) is 0 Å². The minimum Gasteiger partial charge on any atom is -0.503 e. The Morgan fingerprint density at radius 2 is 1.61 bits per heavy atom. The first-order valence-electron chi connectivity index (χ1n) is 7.43. The molecule has 0 bridgehead atoms. The van der Waals surface area contributed by atoms with Crippen LogP contribution >= 0.6 is 0 Å². The summed E-state index contributed by atoms with van der Waals surface area (Å²) in [6.07, 6.45) is 0. The van der Waals surface area contributed by atoms with Crippen molar-refractivity contribution in [1.29, 1.82) is 0 Å². The molecule has 2 aromatic carbocycles. The van der Waals surface area contributed by atoms with E-state index in [0.717, 1.165) is 11.1 Å². The van der Waals surface area contributed by atoms with Crippen LogP contribution in [0.5, 0.6) is 0 Å². The Hall–Kier alpha value is -2.88. The van der Waals surface area contributed by atoms with Gasteiger partial charge in [0, 0.05) is 6.54 Å². The number of rotatable bonds is 4. The van der Waals surface area contributed by atoms with E-state index >= 15 is 0 Å². The number of amides is 1. The number of Topliss-reactive ketones (excluding diaryl/α,β-unsaturated/α-hetero) is 1. The second-order valence-corrected chi connectivity index (χ2v) is 5.55. The lowest BCUT2D eigenvalue weighted by Crippen LogP contribution is -2.30. The summed E-state index contributed by atoms with van der Waals surface area (Å²) in [5.41, 5.74) is 1.92. The molecule has 1 N–H and O–H groups in total. The Morgan fingerprint density at radius 3 is 2.17 bits per heavy atom. The third kappa shape index (κ3) is 2.75. The number of benzene rings is 2. The summed E-state index contributed by atoms with van der Waals surface area (Å²) in [4.78, 5) is 26.0. The number of aliphatic hydroxyl groups is 1. The maximum absolute atomic E-state index is 12.5. The maximum Gasteiger partial charge on any atom is 0.290 e. The lowest BCUT2D eigenvalue weighted by molar-refractivity contribution is -0.130. The standard InChI is InChI=1S/C19H17NO3/c1-13(21)16-17(15-10-6-3-7-11-15)20(19(23)18(16)22)12-14-8-4-2-5-9-14/h2-11,17,22H,12H2,1H3. The molecule has 0 spiro atoms. The second-order valence-electron chi connectivity index (χ2n) is 5.55. The highest BCUT2D eigenvalue weighted by Gasteiger charge is 2.42. The van der Waals surface area contributed by atoms with Gasteiger partial charge in [0.25, 0.3) is 5.91 Å². The average molecular weight is 307 g/mol. The first-order valence-corrected chi connectivity index (χ1v) is 7.43. The second kappa shape index (κ2) is 6.08. The molecule has 1 aliphatic rings. The van der Waals surface area contributed by atoms with Crippen LogP contribution < -0.4 is 0 Å². The summed E-state index contributed by atoms with van der Waals surface area (Å²) >= 11 is 0. The van der Waals surface area contributed by atoms with E-state index in [1.165, 1.54) is 11.8 Å². The van der Waals surface area contributed by atoms with E-state index in [4.69, 9.17) is 0 Å². The van der Waals surface area contributed by atoms with Crippen LogP contribution in [0.15, 0.2) is 72.0 Å². The van der Waals surface area contributed by atoms with Gasteiger partial charge >= 0.3 is 0 Å². The van der Waals surface area contributed by atoms with Crippen LogP contribution in [0.3, 0.4) is 0 Å². The lowest BCUT2D eigenvalue weighted by atomic mass is 9.96. The number of ketones is 1. The zero-order valence-electron chi connectivity index (χ0n) is 12.8. The van der Waals surface area contributed by atoms with Gasteiger partial charge in [-0.1, -0.05) is 60.7 Å². The van der Waals surface area contributed by atoms with Gasteiger partial charge in [0.1, 0.15) is 0 Å². The number of aliphatic hydroxyl groups excluding tert-OH is 1. The van der Waals surface area contributed by atoms with Crippen LogP contribution in [-0.2, 0) is 16.1 Å². The molecule has 0 fully saturated rings. The van der Waals surface area contributed by atoms with E-state index in [0.29, 0.717) is 6.54 Å². The monoisotopic (exact) mass is 307 g/mol. The zero-order valence-corrected chi connectivity index (χ0v) is 12.8. The number of carbonyl (C=O) groups excluding carboxylic acids is 2. The molecule has 116 valence electrons. The molecule has 4 nitrogen and oxygen atoms in total. The largest absolute Gasteiger partial charge is 0.503 e. The third-order valence-electron chi connectivity index (χ3n) is 3.99. The zero-order chi connectivity index (χ0) is 16.4. The van der Waals surface area contributed by atoms with Crippen LogP contribution in [0.2, 0.25) is 0 Å². The molecule has 0 saturated heterocycles. The highest BCUT2D eigenvalue weighted by Crippen LogP contribution is 2.38. The molecule has 0 radical (unpaired) electrons. The van der Waals surface area contributed by atoms with Gasteiger partial charge in [-0.05, 0) is 18.1 Å². The summed E-state index contributed by atoms with van der Waals surface area (Å²) in [6.45, 7) is 1.71. The minimum atomic E-state index is -0.554. The van der Waals surface area contributed by atoms with Gasteiger partial charge < -0.3 is 10.0 Å². The van der Waals surface area contributed by atoms with Crippen LogP contribution in [0.4, 0.5) is 0 Å². The van der Waals surface area contributed by atoms with Gasteiger partial charge in [-0.25, -0.2) is 0 Å². The highest BCUT2D eigenvalue weighted by atomic mass is 16.3. The molecule has 2 aromatic rings. The van der Waals surface area contributed by atoms with E-state index < -0.39 is 17.7 Å². The van der Waals surface area contributed by atoms with Crippen LogP contribution in [-0.4, -0.2) is 21.7 Å². The summed E-state index contributed by atoms with van der Waals surface area (Å²) in [5.74, 6) is -1.24. The summed E-state index contributed by atoms with van der Waals surface area (Å²) in [5, 5.41) is 10.2. The SMILES string of the molecule is CC(=O)C1=C(O)C(=O)N(Cc2ccccc2)C1c1ccccc1. The molecule has 1 unspecified atom stereocenters. The molecule has 3 rings (SSSR count). The summed E-state index contributed by atoms with van der Waals surface area (Å²) in [6, 6.07) is 18.3. The van der Waals surface area contributed by atoms with Crippen LogP contribution in [0.25, 0.3) is 0 Å². The molecule has 1 atom stereocenters. The van der Waals surface area contributed by atoms with Crippen LogP contribution in [0, 0.1) is 0 Å². The fraction of sp³-hybridized carbons (Fsp3) is 0.158. The molecule has 1 amide bonds. The molecule has 0 saturated carbocycles. The normalized spacial score (nSPS) is 17.7. The molecule has 23 heavy (non-hydrogen) atoms. The van der Waals surface area contributed by atoms with Crippen molar-refractivity contribution >= 4 is 11.7 Å². The maximum atomic E-state index is 12.5. The number of nitrogens with zero attached hydrogens (tertiary/aromatic N) is 1. The van der Waals surface area contributed by atoms with Gasteiger partial charge in [-0.3, -0.25) is 9.59 Å². The number of hydrogen-bond acceptors (Lipinski definition) is 3. The van der Waals surface area contributed by atoms with Crippen molar-refractivity contribution in [1.82, 2.24) is 4.90 Å². The molecule has 1 heterocycles. The van der Waals surface area contributed by atoms with Gasteiger partial charge in [0.15, 0.2) is 11.5 Å². The van der Waals surface area contributed by atoms with Gasteiger partial charge in [0.05, 0.1) is 11.6 Å². The van der Waals surface area contributed by atoms with Crippen LogP contribution in [0.1, 0.15) is 24.1 Å². The molecular formula is C19H17NO3. The predicted molar refractivity (Wildman–Crippen MR) is 86.5 cm³/mol.